The standard InChI is InChI=1S/C25H22Cl2N2O4S/c1-13(2)33-24(31)21-14(3)28-25-29(22(21)15-8-10-16(32-4)11-9-15)23(30)20(34-25)12-17-18(26)6-5-7-19(17)27/h5-13,22H,1-4H3/b20-12+/t22-/m1/s1. The molecule has 9 heteroatoms. The van der Waals surface area contributed by atoms with E-state index in [2.05, 4.69) is 4.99 Å². The Bertz CT molecular complexity index is 1450. The number of thiazole rings is 1. The van der Waals surface area contributed by atoms with E-state index in [0.29, 0.717) is 42.0 Å². The lowest BCUT2D eigenvalue weighted by Gasteiger charge is -2.25. The van der Waals surface area contributed by atoms with E-state index in [-0.39, 0.29) is 11.7 Å². The largest absolute Gasteiger partial charge is 0.497 e. The summed E-state index contributed by atoms with van der Waals surface area (Å²) in [4.78, 5) is 31.8. The van der Waals surface area contributed by atoms with Crippen LogP contribution in [0.2, 0.25) is 10.0 Å². The second-order valence-electron chi connectivity index (χ2n) is 7.94. The molecule has 6 nitrogen and oxygen atoms in total. The van der Waals surface area contributed by atoms with Crippen LogP contribution in [0.1, 0.15) is 37.9 Å². The Labute approximate surface area is 210 Å². The zero-order chi connectivity index (χ0) is 24.6. The van der Waals surface area contributed by atoms with E-state index in [1.807, 2.05) is 12.1 Å². The maximum atomic E-state index is 13.6. The summed E-state index contributed by atoms with van der Waals surface area (Å²) in [5, 5.41) is 0.866. The van der Waals surface area contributed by atoms with Crippen molar-refractivity contribution in [1.29, 1.82) is 0 Å². The van der Waals surface area contributed by atoms with Crippen molar-refractivity contribution >= 4 is 46.6 Å². The van der Waals surface area contributed by atoms with E-state index in [1.165, 1.54) is 15.9 Å². The number of esters is 1. The van der Waals surface area contributed by atoms with E-state index in [9.17, 15) is 9.59 Å². The van der Waals surface area contributed by atoms with Gasteiger partial charge in [-0.1, -0.05) is 52.7 Å². The molecule has 0 unspecified atom stereocenters. The van der Waals surface area contributed by atoms with Gasteiger partial charge in [0, 0.05) is 15.6 Å². The zero-order valence-corrected chi connectivity index (χ0v) is 21.3. The Balaban J connectivity index is 1.97. The molecule has 176 valence electrons. The van der Waals surface area contributed by atoms with Gasteiger partial charge in [0.1, 0.15) is 5.75 Å². The number of halogens is 2. The van der Waals surface area contributed by atoms with Crippen LogP contribution in [0.25, 0.3) is 6.08 Å². The van der Waals surface area contributed by atoms with Crippen molar-refractivity contribution in [2.24, 2.45) is 4.99 Å². The van der Waals surface area contributed by atoms with Crippen molar-refractivity contribution in [3.05, 3.63) is 94.6 Å². The molecule has 1 atom stereocenters. The number of rotatable bonds is 5. The van der Waals surface area contributed by atoms with Crippen LogP contribution < -0.4 is 19.6 Å². The molecule has 0 bridgehead atoms. The molecule has 0 saturated carbocycles. The van der Waals surface area contributed by atoms with E-state index in [0.717, 1.165) is 5.56 Å². The smallest absolute Gasteiger partial charge is 0.338 e. The third kappa shape index (κ3) is 4.56. The first kappa shape index (κ1) is 24.3. The van der Waals surface area contributed by atoms with Gasteiger partial charge in [-0.2, -0.15) is 0 Å². The van der Waals surface area contributed by atoms with Gasteiger partial charge in [0.15, 0.2) is 4.80 Å². The highest BCUT2D eigenvalue weighted by Crippen LogP contribution is 2.32. The monoisotopic (exact) mass is 516 g/mol. The van der Waals surface area contributed by atoms with E-state index < -0.39 is 12.0 Å². The number of carbonyl (C=O) groups is 1. The summed E-state index contributed by atoms with van der Waals surface area (Å²) in [6, 6.07) is 11.7. The van der Waals surface area contributed by atoms with Gasteiger partial charge in [0.05, 0.1) is 35.1 Å². The number of nitrogens with zero attached hydrogens (tertiary/aromatic N) is 2. The Kier molecular flexibility index (Phi) is 6.98. The van der Waals surface area contributed by atoms with Gasteiger partial charge in [-0.05, 0) is 56.7 Å². The maximum absolute atomic E-state index is 13.6. The summed E-state index contributed by atoms with van der Waals surface area (Å²) >= 11 is 13.9. The molecule has 1 aromatic heterocycles. The van der Waals surface area contributed by atoms with Gasteiger partial charge in [-0.3, -0.25) is 9.36 Å². The molecule has 2 aromatic carbocycles. The van der Waals surface area contributed by atoms with Crippen molar-refractivity contribution in [2.45, 2.75) is 32.9 Å². The number of ether oxygens (including phenoxy) is 2. The van der Waals surface area contributed by atoms with Crippen LogP contribution in [-0.2, 0) is 9.53 Å². The average molecular weight is 517 g/mol. The number of fused-ring (bicyclic) bond motifs is 1. The van der Waals surface area contributed by atoms with Gasteiger partial charge in [-0.15, -0.1) is 0 Å². The number of hydrogen-bond acceptors (Lipinski definition) is 6. The van der Waals surface area contributed by atoms with Crippen LogP contribution in [0.3, 0.4) is 0 Å². The second kappa shape index (κ2) is 9.78. The van der Waals surface area contributed by atoms with Gasteiger partial charge in [0.25, 0.3) is 5.56 Å². The Morgan fingerprint density at radius 1 is 1.15 bits per heavy atom. The fraction of sp³-hybridized carbons (Fsp3) is 0.240. The number of hydrogen-bond donors (Lipinski definition) is 0. The summed E-state index contributed by atoms with van der Waals surface area (Å²) in [5.74, 6) is 0.150. The predicted molar refractivity (Wildman–Crippen MR) is 134 cm³/mol. The van der Waals surface area contributed by atoms with Crippen molar-refractivity contribution < 1.29 is 14.3 Å². The average Bonchev–Trinajstić information content (AvgIpc) is 3.09. The molecule has 34 heavy (non-hydrogen) atoms. The number of methoxy groups -OCH3 is 1. The fourth-order valence-corrected chi connectivity index (χ4v) is 5.28. The van der Waals surface area contributed by atoms with Crippen LogP contribution in [0.4, 0.5) is 0 Å². The molecular weight excluding hydrogens is 495 g/mol. The van der Waals surface area contributed by atoms with Gasteiger partial charge < -0.3 is 9.47 Å². The van der Waals surface area contributed by atoms with Gasteiger partial charge in [0.2, 0.25) is 0 Å². The Hall–Kier alpha value is -2.87. The summed E-state index contributed by atoms with van der Waals surface area (Å²) in [6.45, 7) is 5.30. The zero-order valence-electron chi connectivity index (χ0n) is 19.0. The van der Waals surface area contributed by atoms with Crippen LogP contribution in [0.5, 0.6) is 5.75 Å². The lowest BCUT2D eigenvalue weighted by atomic mass is 9.96. The second-order valence-corrected chi connectivity index (χ2v) is 9.77. The van der Waals surface area contributed by atoms with Crippen LogP contribution in [-0.4, -0.2) is 23.8 Å². The Morgan fingerprint density at radius 3 is 2.38 bits per heavy atom. The van der Waals surface area contributed by atoms with Crippen LogP contribution in [0, 0.1) is 0 Å². The highest BCUT2D eigenvalue weighted by Gasteiger charge is 2.33. The first-order valence-electron chi connectivity index (χ1n) is 10.5. The quantitative estimate of drug-likeness (QED) is 0.468. The third-order valence-electron chi connectivity index (χ3n) is 5.29. The van der Waals surface area contributed by atoms with Crippen LogP contribution >= 0.6 is 34.5 Å². The first-order chi connectivity index (χ1) is 16.2. The predicted octanol–water partition coefficient (Wildman–Crippen LogP) is 4.50. The maximum Gasteiger partial charge on any atom is 0.338 e. The molecule has 4 rings (SSSR count). The van der Waals surface area contributed by atoms with Crippen molar-refractivity contribution in [1.82, 2.24) is 4.57 Å². The topological polar surface area (TPSA) is 69.9 Å². The molecule has 0 radical (unpaired) electrons. The summed E-state index contributed by atoms with van der Waals surface area (Å²) in [6.07, 6.45) is 1.33. The van der Waals surface area contributed by atoms with Gasteiger partial charge >= 0.3 is 5.97 Å². The van der Waals surface area contributed by atoms with Crippen molar-refractivity contribution in [3.8, 4) is 5.75 Å². The summed E-state index contributed by atoms with van der Waals surface area (Å²) in [5.41, 5.74) is 1.79. The Morgan fingerprint density at radius 2 is 1.79 bits per heavy atom. The molecule has 1 aliphatic heterocycles. The number of carbonyl (C=O) groups excluding carboxylic acids is 1. The van der Waals surface area contributed by atoms with Gasteiger partial charge in [-0.25, -0.2) is 9.79 Å². The molecule has 0 spiro atoms. The van der Waals surface area contributed by atoms with E-state index in [1.54, 1.807) is 64.3 Å². The summed E-state index contributed by atoms with van der Waals surface area (Å²) < 4.78 is 12.7. The highest BCUT2D eigenvalue weighted by atomic mass is 35.5. The van der Waals surface area contributed by atoms with Crippen molar-refractivity contribution in [2.75, 3.05) is 7.11 Å². The molecule has 1 aliphatic rings. The normalized spacial score (nSPS) is 15.9. The number of benzene rings is 2. The minimum Gasteiger partial charge on any atom is -0.497 e. The fourth-order valence-electron chi connectivity index (χ4n) is 3.74. The highest BCUT2D eigenvalue weighted by molar-refractivity contribution is 7.07. The molecule has 3 aromatic rings. The van der Waals surface area contributed by atoms with Crippen LogP contribution in [0.15, 0.2) is 63.5 Å². The lowest BCUT2D eigenvalue weighted by molar-refractivity contribution is -0.143. The molecule has 0 amide bonds. The first-order valence-corrected chi connectivity index (χ1v) is 12.1. The summed E-state index contributed by atoms with van der Waals surface area (Å²) in [7, 11) is 1.58. The minimum absolute atomic E-state index is 0.303. The number of allylic oxidation sites excluding steroid dienone is 1. The minimum atomic E-state index is -0.711. The molecular formula is C25H22Cl2N2O4S. The molecule has 0 aliphatic carbocycles. The SMILES string of the molecule is COc1ccc([C@@H]2C(C(=O)OC(C)C)=C(C)N=c3s/c(=C/c4c(Cl)cccc4Cl)c(=O)n32)cc1. The van der Waals surface area contributed by atoms with Crippen molar-refractivity contribution in [3.63, 3.8) is 0 Å². The third-order valence-corrected chi connectivity index (χ3v) is 6.93. The molecule has 0 fully saturated rings. The lowest BCUT2D eigenvalue weighted by Crippen LogP contribution is -2.40. The molecule has 2 heterocycles. The van der Waals surface area contributed by atoms with E-state index >= 15 is 0 Å². The molecule has 0 N–H and O–H groups in total. The molecule has 0 saturated heterocycles. The van der Waals surface area contributed by atoms with E-state index in [4.69, 9.17) is 32.7 Å². The number of aromatic nitrogens is 1.